The van der Waals surface area contributed by atoms with E-state index >= 15 is 0 Å². The van der Waals surface area contributed by atoms with Crippen molar-refractivity contribution in [2.45, 2.75) is 39.4 Å². The largest absolute Gasteiger partial charge is 0.454 e. The zero-order valence-corrected chi connectivity index (χ0v) is 18.9. The highest BCUT2D eigenvalue weighted by Gasteiger charge is 2.27. The van der Waals surface area contributed by atoms with E-state index in [4.69, 9.17) is 4.74 Å². The summed E-state index contributed by atoms with van der Waals surface area (Å²) >= 11 is 0. The molecule has 0 saturated carbocycles. The molecule has 0 saturated heterocycles. The molecule has 32 heavy (non-hydrogen) atoms. The number of fused-ring (bicyclic) bond motifs is 1. The van der Waals surface area contributed by atoms with Crippen LogP contribution in [0.4, 0.5) is 0 Å². The normalized spacial score (nSPS) is 11.5. The Bertz CT molecular complexity index is 1260. The van der Waals surface area contributed by atoms with Crippen molar-refractivity contribution in [1.82, 2.24) is 23.6 Å². The molecule has 0 spiro atoms. The molecule has 3 rings (SSSR count). The molecular weight excluding hydrogens is 414 g/mol. The maximum absolute atomic E-state index is 12.8. The fourth-order valence-corrected chi connectivity index (χ4v) is 3.39. The maximum Gasteiger partial charge on any atom is 0.332 e. The van der Waals surface area contributed by atoms with Gasteiger partial charge in [0.2, 0.25) is 0 Å². The number of carbonyl (C=O) groups excluding carboxylic acids is 2. The third-order valence-electron chi connectivity index (χ3n) is 5.17. The monoisotopic (exact) mass is 441 g/mol. The van der Waals surface area contributed by atoms with Gasteiger partial charge in [-0.1, -0.05) is 30.3 Å². The predicted octanol–water partition coefficient (Wildman–Crippen LogP) is 0.804. The van der Waals surface area contributed by atoms with Crippen LogP contribution in [-0.2, 0) is 41.5 Å². The number of nitrogens with zero attached hydrogens (tertiary/aromatic N) is 5. The lowest BCUT2D eigenvalue weighted by molar-refractivity contribution is -0.155. The Morgan fingerprint density at radius 1 is 1.06 bits per heavy atom. The second-order valence-corrected chi connectivity index (χ2v) is 8.55. The molecule has 1 amide bonds. The fourth-order valence-electron chi connectivity index (χ4n) is 3.39. The first-order valence-electron chi connectivity index (χ1n) is 10.1. The minimum absolute atomic E-state index is 0.110. The van der Waals surface area contributed by atoms with E-state index in [-0.39, 0.29) is 23.6 Å². The van der Waals surface area contributed by atoms with Crippen molar-refractivity contribution in [3.63, 3.8) is 0 Å². The number of hydrogen-bond acceptors (Lipinski definition) is 6. The number of aryl methyl sites for hydroxylation is 1. The van der Waals surface area contributed by atoms with Crippen LogP contribution in [0, 0.1) is 0 Å². The van der Waals surface area contributed by atoms with Crippen LogP contribution in [0.25, 0.3) is 11.2 Å². The summed E-state index contributed by atoms with van der Waals surface area (Å²) in [6.45, 7) is 5.38. The SMILES string of the molecule is Cn1c(=O)c2c(ncn2CC(=O)OCC(=O)N(Cc2ccccc2)C(C)(C)C)n(C)c1=O. The molecule has 0 bridgehead atoms. The highest BCUT2D eigenvalue weighted by Crippen LogP contribution is 2.18. The van der Waals surface area contributed by atoms with Crippen molar-refractivity contribution in [2.24, 2.45) is 14.1 Å². The van der Waals surface area contributed by atoms with E-state index in [1.807, 2.05) is 51.1 Å². The van der Waals surface area contributed by atoms with E-state index in [1.54, 1.807) is 4.90 Å². The van der Waals surface area contributed by atoms with Crippen molar-refractivity contribution < 1.29 is 14.3 Å². The number of esters is 1. The number of benzene rings is 1. The van der Waals surface area contributed by atoms with Gasteiger partial charge in [0.25, 0.3) is 11.5 Å². The smallest absolute Gasteiger partial charge is 0.332 e. The Hall–Kier alpha value is -3.69. The summed E-state index contributed by atoms with van der Waals surface area (Å²) in [5, 5.41) is 0. The molecule has 0 aliphatic rings. The van der Waals surface area contributed by atoms with Crippen LogP contribution in [0.1, 0.15) is 26.3 Å². The zero-order chi connectivity index (χ0) is 23.6. The topological polar surface area (TPSA) is 108 Å². The van der Waals surface area contributed by atoms with Gasteiger partial charge >= 0.3 is 11.7 Å². The molecule has 0 aliphatic carbocycles. The van der Waals surface area contributed by atoms with Crippen LogP contribution >= 0.6 is 0 Å². The molecule has 2 aromatic heterocycles. The van der Waals surface area contributed by atoms with Crippen LogP contribution in [0.15, 0.2) is 46.2 Å². The Morgan fingerprint density at radius 2 is 1.72 bits per heavy atom. The molecule has 170 valence electrons. The molecule has 10 nitrogen and oxygen atoms in total. The molecule has 0 atom stereocenters. The van der Waals surface area contributed by atoms with E-state index in [9.17, 15) is 19.2 Å². The number of aromatic nitrogens is 4. The van der Waals surface area contributed by atoms with Crippen molar-refractivity contribution in [3.8, 4) is 0 Å². The number of hydrogen-bond donors (Lipinski definition) is 0. The highest BCUT2D eigenvalue weighted by atomic mass is 16.5. The van der Waals surface area contributed by atoms with Gasteiger partial charge in [0.1, 0.15) is 6.54 Å². The van der Waals surface area contributed by atoms with Gasteiger partial charge in [-0.15, -0.1) is 0 Å². The van der Waals surface area contributed by atoms with E-state index < -0.39 is 29.4 Å². The number of ether oxygens (including phenoxy) is 1. The average Bonchev–Trinajstić information content (AvgIpc) is 3.16. The summed E-state index contributed by atoms with van der Waals surface area (Å²) in [5.41, 5.74) is -0.306. The Balaban J connectivity index is 1.72. The lowest BCUT2D eigenvalue weighted by Gasteiger charge is -2.35. The number of imidazole rings is 1. The molecule has 3 aromatic rings. The quantitative estimate of drug-likeness (QED) is 0.524. The molecule has 0 N–H and O–H groups in total. The summed E-state index contributed by atoms with van der Waals surface area (Å²) < 4.78 is 8.70. The maximum atomic E-state index is 12.8. The second kappa shape index (κ2) is 8.81. The molecule has 10 heteroatoms. The van der Waals surface area contributed by atoms with Crippen LogP contribution in [-0.4, -0.2) is 47.6 Å². The molecule has 0 fully saturated rings. The molecule has 1 aromatic carbocycles. The van der Waals surface area contributed by atoms with E-state index in [0.29, 0.717) is 6.54 Å². The molecule has 0 radical (unpaired) electrons. The average molecular weight is 441 g/mol. The summed E-state index contributed by atoms with van der Waals surface area (Å²) in [7, 11) is 2.85. The van der Waals surface area contributed by atoms with E-state index in [1.165, 1.54) is 29.6 Å². The van der Waals surface area contributed by atoms with Crippen LogP contribution in [0.2, 0.25) is 0 Å². The predicted molar refractivity (Wildman–Crippen MR) is 118 cm³/mol. The van der Waals surface area contributed by atoms with Crippen molar-refractivity contribution >= 4 is 23.0 Å². The highest BCUT2D eigenvalue weighted by molar-refractivity contribution is 5.81. The van der Waals surface area contributed by atoms with Crippen molar-refractivity contribution in [2.75, 3.05) is 6.61 Å². The van der Waals surface area contributed by atoms with Gasteiger partial charge in [-0.2, -0.15) is 0 Å². The van der Waals surface area contributed by atoms with Gasteiger partial charge in [0.05, 0.1) is 6.33 Å². The van der Waals surface area contributed by atoms with Gasteiger partial charge in [0.15, 0.2) is 17.8 Å². The summed E-state index contributed by atoms with van der Waals surface area (Å²) in [4.78, 5) is 55.5. The van der Waals surface area contributed by atoms with Crippen molar-refractivity contribution in [3.05, 3.63) is 63.1 Å². The zero-order valence-electron chi connectivity index (χ0n) is 18.9. The fraction of sp³-hybridized carbons (Fsp3) is 0.409. The molecule has 2 heterocycles. The first-order valence-corrected chi connectivity index (χ1v) is 10.1. The summed E-state index contributed by atoms with van der Waals surface area (Å²) in [5.74, 6) is -1.02. The third-order valence-corrected chi connectivity index (χ3v) is 5.17. The van der Waals surface area contributed by atoms with Crippen LogP contribution in [0.5, 0.6) is 0 Å². The van der Waals surface area contributed by atoms with Gasteiger partial charge in [-0.05, 0) is 26.3 Å². The summed E-state index contributed by atoms with van der Waals surface area (Å²) in [6, 6.07) is 9.55. The summed E-state index contributed by atoms with van der Waals surface area (Å²) in [6.07, 6.45) is 1.30. The van der Waals surface area contributed by atoms with Gasteiger partial charge < -0.3 is 14.2 Å². The van der Waals surface area contributed by atoms with E-state index in [2.05, 4.69) is 4.98 Å². The number of rotatable bonds is 6. The van der Waals surface area contributed by atoms with E-state index in [0.717, 1.165) is 10.1 Å². The second-order valence-electron chi connectivity index (χ2n) is 8.55. The minimum atomic E-state index is -0.692. The Labute approximate surface area is 184 Å². The van der Waals surface area contributed by atoms with Gasteiger partial charge in [-0.25, -0.2) is 9.78 Å². The first-order chi connectivity index (χ1) is 15.0. The van der Waals surface area contributed by atoms with Crippen LogP contribution in [0.3, 0.4) is 0 Å². The van der Waals surface area contributed by atoms with Crippen LogP contribution < -0.4 is 11.2 Å². The number of carbonyl (C=O) groups is 2. The lowest BCUT2D eigenvalue weighted by atomic mass is 10.0. The van der Waals surface area contributed by atoms with Gasteiger partial charge in [0, 0.05) is 26.2 Å². The van der Waals surface area contributed by atoms with Crippen molar-refractivity contribution in [1.29, 1.82) is 0 Å². The Kier molecular flexibility index (Phi) is 6.33. The molecular formula is C22H27N5O5. The third kappa shape index (κ3) is 4.63. The number of amides is 1. The standard InChI is InChI=1S/C22H27N5O5/c1-22(2,3)27(11-15-9-7-6-8-10-15)16(28)13-32-17(29)12-26-14-23-19-18(26)20(30)25(5)21(31)24(19)4/h6-10,14H,11-13H2,1-5H3. The first kappa shape index (κ1) is 23.0. The minimum Gasteiger partial charge on any atom is -0.454 e. The Morgan fingerprint density at radius 3 is 2.34 bits per heavy atom. The molecule has 0 unspecified atom stereocenters. The van der Waals surface area contributed by atoms with Gasteiger partial charge in [-0.3, -0.25) is 23.5 Å². The lowest BCUT2D eigenvalue weighted by Crippen LogP contribution is -2.47. The molecule has 0 aliphatic heterocycles.